The van der Waals surface area contributed by atoms with Crippen LogP contribution in [0.1, 0.15) is 11.4 Å². The fraction of sp³-hybridized carbons (Fsp3) is 0.0667. The van der Waals surface area contributed by atoms with Crippen LogP contribution < -0.4 is 4.74 Å². The van der Waals surface area contributed by atoms with E-state index in [0.29, 0.717) is 37.6 Å². The lowest BCUT2D eigenvalue weighted by Crippen LogP contribution is -2.50. The molecule has 0 aromatic carbocycles. The van der Waals surface area contributed by atoms with Crippen LogP contribution in [0.15, 0.2) is 52.9 Å². The number of rotatable bonds is 2. The van der Waals surface area contributed by atoms with Gasteiger partial charge in [-0.05, 0) is 40.2 Å². The Morgan fingerprint density at radius 2 is 1.96 bits per heavy atom. The molecule has 2 aliphatic heterocycles. The van der Waals surface area contributed by atoms with E-state index in [9.17, 15) is 0 Å². The quantitative estimate of drug-likeness (QED) is 0.639. The number of nitrogens with zero attached hydrogens (tertiary/aromatic N) is 3. The molecule has 0 radical (unpaired) electrons. The summed E-state index contributed by atoms with van der Waals surface area (Å²) in [5, 5.41) is 0. The molecule has 24 heavy (non-hydrogen) atoms. The molecule has 0 saturated carbocycles. The first-order valence-corrected chi connectivity index (χ1v) is 8.68. The predicted octanol–water partition coefficient (Wildman–Crippen LogP) is 4.03. The summed E-state index contributed by atoms with van der Waals surface area (Å²) < 4.78 is 37.9. The Bertz CT molecular complexity index is 948. The van der Waals surface area contributed by atoms with Crippen molar-refractivity contribution >= 4 is 49.0 Å². The van der Waals surface area contributed by atoms with Crippen LogP contribution in [0.2, 0.25) is 0 Å². The maximum absolute atomic E-state index is 15.1. The van der Waals surface area contributed by atoms with Gasteiger partial charge in [-0.15, -0.1) is 0 Å². The second kappa shape index (κ2) is 5.39. The topological polar surface area (TPSA) is 30.1 Å². The molecule has 0 amide bonds. The third kappa shape index (κ3) is 2.07. The van der Waals surface area contributed by atoms with Crippen molar-refractivity contribution in [2.45, 2.75) is 0 Å². The Kier molecular flexibility index (Phi) is 3.54. The summed E-state index contributed by atoms with van der Waals surface area (Å²) in [6.45, 7) is -4.01. The van der Waals surface area contributed by atoms with E-state index in [2.05, 4.69) is 36.8 Å². The van der Waals surface area contributed by atoms with Crippen molar-refractivity contribution in [2.75, 3.05) is 7.11 Å². The SMILES string of the molecule is COc1ccc(C2=C3C=CC(Br)=[N+]3[B-](F)(F)n3c(Br)ccc32)nc1. The molecule has 0 spiro atoms. The minimum absolute atomic E-state index is 0.319. The van der Waals surface area contributed by atoms with Crippen molar-refractivity contribution in [3.8, 4) is 5.75 Å². The van der Waals surface area contributed by atoms with Crippen LogP contribution in [-0.2, 0) is 0 Å². The average Bonchev–Trinajstić information content (AvgIpc) is 3.13. The second-order valence-electron chi connectivity index (χ2n) is 5.37. The average molecular weight is 457 g/mol. The molecular weight excluding hydrogens is 447 g/mol. The van der Waals surface area contributed by atoms with Gasteiger partial charge in [0.1, 0.15) is 5.75 Å². The Morgan fingerprint density at radius 1 is 1.17 bits per heavy atom. The fourth-order valence-electron chi connectivity index (χ4n) is 3.04. The number of pyridine rings is 1. The molecule has 0 atom stereocenters. The zero-order valence-electron chi connectivity index (χ0n) is 12.4. The highest BCUT2D eigenvalue weighted by Gasteiger charge is 2.54. The molecule has 2 aliphatic rings. The highest BCUT2D eigenvalue weighted by molar-refractivity contribution is 9.18. The van der Waals surface area contributed by atoms with Gasteiger partial charge in [0.2, 0.25) is 4.62 Å². The van der Waals surface area contributed by atoms with E-state index in [0.717, 1.165) is 8.96 Å². The number of methoxy groups -OCH3 is 1. The summed E-state index contributed by atoms with van der Waals surface area (Å²) in [7, 11) is 1.55. The smallest absolute Gasteiger partial charge is 0.495 e. The number of aromatic nitrogens is 2. The number of ether oxygens (including phenoxy) is 1. The molecule has 0 N–H and O–H groups in total. The third-order valence-electron chi connectivity index (χ3n) is 4.10. The Labute approximate surface area is 153 Å². The first-order chi connectivity index (χ1) is 11.4. The first kappa shape index (κ1) is 15.8. The summed E-state index contributed by atoms with van der Waals surface area (Å²) in [4.78, 5) is 4.38. The van der Waals surface area contributed by atoms with Crippen molar-refractivity contribution in [1.29, 1.82) is 0 Å². The second-order valence-corrected chi connectivity index (χ2v) is 6.99. The Hall–Kier alpha value is -1.74. The molecule has 0 aliphatic carbocycles. The molecule has 4 heterocycles. The van der Waals surface area contributed by atoms with Gasteiger partial charge in [0.25, 0.3) is 0 Å². The summed E-state index contributed by atoms with van der Waals surface area (Å²) >= 11 is 6.46. The standard InChI is InChI=1S/C15H10BBr2F2N3O/c1-24-9-2-3-10(21-8-9)15-11-4-6-13(17)22(11)16(19,20)23-12(15)5-7-14(23)18/h2-8H,1H3. The van der Waals surface area contributed by atoms with Gasteiger partial charge in [-0.25, -0.2) is 0 Å². The molecule has 4 rings (SSSR count). The van der Waals surface area contributed by atoms with E-state index >= 15 is 8.63 Å². The van der Waals surface area contributed by atoms with Crippen LogP contribution in [0.25, 0.3) is 5.57 Å². The van der Waals surface area contributed by atoms with E-state index in [1.807, 2.05) is 0 Å². The van der Waals surface area contributed by atoms with Gasteiger partial charge in [0, 0.05) is 33.8 Å². The minimum atomic E-state index is -4.01. The summed E-state index contributed by atoms with van der Waals surface area (Å²) in [5.74, 6) is 0.609. The van der Waals surface area contributed by atoms with Crippen molar-refractivity contribution in [2.24, 2.45) is 0 Å². The van der Waals surface area contributed by atoms with E-state index in [4.69, 9.17) is 4.74 Å². The molecule has 0 fully saturated rings. The van der Waals surface area contributed by atoms with Gasteiger partial charge in [0.15, 0.2) is 5.70 Å². The van der Waals surface area contributed by atoms with Gasteiger partial charge in [0.05, 0.1) is 29.2 Å². The number of hydrogen-bond acceptors (Lipinski definition) is 2. The zero-order valence-corrected chi connectivity index (χ0v) is 15.6. The third-order valence-corrected chi connectivity index (χ3v) is 5.39. The predicted molar refractivity (Wildman–Crippen MR) is 95.6 cm³/mol. The van der Waals surface area contributed by atoms with Gasteiger partial charge in [-0.3, -0.25) is 4.98 Å². The van der Waals surface area contributed by atoms with Crippen LogP contribution >= 0.6 is 31.9 Å². The number of allylic oxidation sites excluding steroid dienone is 2. The Balaban J connectivity index is 2.04. The van der Waals surface area contributed by atoms with Crippen LogP contribution in [0, 0.1) is 0 Å². The molecular formula is C15H10BBr2F2N3O. The van der Waals surface area contributed by atoms with Crippen LogP contribution in [-0.4, -0.2) is 32.6 Å². The molecule has 2 aromatic heterocycles. The fourth-order valence-corrected chi connectivity index (χ4v) is 4.18. The summed E-state index contributed by atoms with van der Waals surface area (Å²) in [6, 6.07) is 6.82. The van der Waals surface area contributed by atoms with Gasteiger partial charge in [-0.1, -0.05) is 0 Å². The van der Waals surface area contributed by atoms with Gasteiger partial charge < -0.3 is 22.3 Å². The number of hydrogen-bond donors (Lipinski definition) is 0. The lowest BCUT2D eigenvalue weighted by Gasteiger charge is -2.31. The number of fused-ring (bicyclic) bond motifs is 2. The van der Waals surface area contributed by atoms with E-state index < -0.39 is 6.97 Å². The van der Waals surface area contributed by atoms with E-state index in [-0.39, 0.29) is 0 Å². The lowest BCUT2D eigenvalue weighted by atomic mass is 9.88. The van der Waals surface area contributed by atoms with Crippen molar-refractivity contribution in [3.63, 3.8) is 0 Å². The van der Waals surface area contributed by atoms with Crippen molar-refractivity contribution in [3.05, 3.63) is 64.3 Å². The monoisotopic (exact) mass is 455 g/mol. The normalized spacial score (nSPS) is 18.0. The molecule has 4 nitrogen and oxygen atoms in total. The maximum Gasteiger partial charge on any atom is 0.738 e. The molecule has 0 saturated heterocycles. The zero-order chi connectivity index (χ0) is 17.1. The summed E-state index contributed by atoms with van der Waals surface area (Å²) in [5.41, 5.74) is 2.08. The molecule has 2 aromatic rings. The molecule has 0 unspecified atom stereocenters. The van der Waals surface area contributed by atoms with Crippen LogP contribution in [0.5, 0.6) is 5.75 Å². The van der Waals surface area contributed by atoms with E-state index in [1.54, 1.807) is 49.7 Å². The Morgan fingerprint density at radius 3 is 2.62 bits per heavy atom. The minimum Gasteiger partial charge on any atom is -0.495 e. The molecule has 0 bridgehead atoms. The largest absolute Gasteiger partial charge is 0.738 e. The molecule has 9 heteroatoms. The highest BCUT2D eigenvalue weighted by atomic mass is 79.9. The maximum atomic E-state index is 15.1. The lowest BCUT2D eigenvalue weighted by molar-refractivity contribution is -0.358. The molecule has 122 valence electrons. The van der Waals surface area contributed by atoms with Crippen molar-refractivity contribution in [1.82, 2.24) is 9.46 Å². The number of halogens is 4. The van der Waals surface area contributed by atoms with Gasteiger partial charge >= 0.3 is 6.97 Å². The van der Waals surface area contributed by atoms with Crippen molar-refractivity contribution < 1.29 is 17.9 Å². The van der Waals surface area contributed by atoms with E-state index in [1.165, 1.54) is 0 Å². The highest BCUT2D eigenvalue weighted by Crippen LogP contribution is 2.41. The first-order valence-electron chi connectivity index (χ1n) is 7.09. The van der Waals surface area contributed by atoms with Crippen LogP contribution in [0.3, 0.4) is 0 Å². The summed E-state index contributed by atoms with van der Waals surface area (Å²) in [6.07, 6.45) is 4.87. The van der Waals surface area contributed by atoms with Crippen LogP contribution in [0.4, 0.5) is 8.63 Å². The van der Waals surface area contributed by atoms with Gasteiger partial charge in [-0.2, -0.15) is 0 Å².